The van der Waals surface area contributed by atoms with E-state index in [0.717, 1.165) is 30.5 Å². The third-order valence-corrected chi connectivity index (χ3v) is 7.48. The van der Waals surface area contributed by atoms with Crippen LogP contribution in [0.5, 0.6) is 5.75 Å². The number of carbonyl (C=O) groups is 2. The molecule has 3 amide bonds. The number of amides is 3. The van der Waals surface area contributed by atoms with Crippen molar-refractivity contribution in [1.82, 2.24) is 15.1 Å². The summed E-state index contributed by atoms with van der Waals surface area (Å²) in [6, 6.07) is 3.55. The third kappa shape index (κ3) is 4.25. The molecule has 1 spiro atoms. The molecule has 1 aliphatic carbocycles. The summed E-state index contributed by atoms with van der Waals surface area (Å²) < 4.78 is 49.6. The summed E-state index contributed by atoms with van der Waals surface area (Å²) in [5, 5.41) is 2.92. The number of carbonyl (C=O) groups excluding carboxylic acids is 2. The molecule has 1 aromatic carbocycles. The highest BCUT2D eigenvalue weighted by Gasteiger charge is 2.54. The topological polar surface area (TPSA) is 71.1 Å². The van der Waals surface area contributed by atoms with E-state index in [2.05, 4.69) is 5.32 Å². The maximum absolute atomic E-state index is 13.0. The molecular weight excluding hydrogens is 439 g/mol. The highest BCUT2D eigenvalue weighted by molar-refractivity contribution is 5.79. The second-order valence-electron chi connectivity index (χ2n) is 9.90. The van der Waals surface area contributed by atoms with Gasteiger partial charge in [0.1, 0.15) is 12.4 Å². The van der Waals surface area contributed by atoms with E-state index in [9.17, 15) is 22.8 Å². The van der Waals surface area contributed by atoms with Crippen molar-refractivity contribution in [3.8, 4) is 5.75 Å². The van der Waals surface area contributed by atoms with Crippen LogP contribution in [-0.2, 0) is 22.1 Å². The van der Waals surface area contributed by atoms with Crippen LogP contribution < -0.4 is 10.1 Å². The fourth-order valence-electron chi connectivity index (χ4n) is 5.94. The predicted octanol–water partition coefficient (Wildman–Crippen LogP) is 2.68. The van der Waals surface area contributed by atoms with E-state index in [-0.39, 0.29) is 41.9 Å². The average molecular weight is 467 g/mol. The number of alkyl halides is 3. The van der Waals surface area contributed by atoms with Gasteiger partial charge in [-0.1, -0.05) is 6.07 Å². The summed E-state index contributed by atoms with van der Waals surface area (Å²) in [4.78, 5) is 28.2. The van der Waals surface area contributed by atoms with E-state index in [4.69, 9.17) is 9.47 Å². The van der Waals surface area contributed by atoms with Crippen LogP contribution in [0.1, 0.15) is 30.4 Å². The molecule has 180 valence electrons. The number of benzene rings is 1. The van der Waals surface area contributed by atoms with Crippen molar-refractivity contribution in [2.45, 2.75) is 44.0 Å². The maximum atomic E-state index is 13.0. The zero-order valence-electron chi connectivity index (χ0n) is 18.5. The average Bonchev–Trinajstić information content (AvgIpc) is 2.72. The number of hydrogen-bond acceptors (Lipinski definition) is 4. The molecule has 33 heavy (non-hydrogen) atoms. The Labute approximate surface area is 190 Å². The second-order valence-corrected chi connectivity index (χ2v) is 9.90. The van der Waals surface area contributed by atoms with E-state index in [1.807, 2.05) is 4.90 Å². The Kier molecular flexibility index (Phi) is 5.46. The van der Waals surface area contributed by atoms with E-state index < -0.39 is 11.7 Å². The van der Waals surface area contributed by atoms with Gasteiger partial charge in [0, 0.05) is 31.6 Å². The lowest BCUT2D eigenvalue weighted by molar-refractivity contribution is -0.140. The molecule has 3 saturated heterocycles. The molecular formula is C23H28F3N3O4. The van der Waals surface area contributed by atoms with Crippen LogP contribution in [-0.4, -0.2) is 73.8 Å². The van der Waals surface area contributed by atoms with Gasteiger partial charge in [-0.2, -0.15) is 13.2 Å². The summed E-state index contributed by atoms with van der Waals surface area (Å²) in [6.07, 6.45) is -1.12. The van der Waals surface area contributed by atoms with Crippen LogP contribution in [0.15, 0.2) is 18.2 Å². The molecule has 1 N–H and O–H groups in total. The molecule has 4 fully saturated rings. The van der Waals surface area contributed by atoms with Gasteiger partial charge in [0.15, 0.2) is 0 Å². The highest BCUT2D eigenvalue weighted by atomic mass is 19.4. The minimum Gasteiger partial charge on any atom is -0.496 e. The minimum absolute atomic E-state index is 0.00626. The molecule has 2 atom stereocenters. The van der Waals surface area contributed by atoms with Gasteiger partial charge < -0.3 is 24.6 Å². The Morgan fingerprint density at radius 1 is 1.27 bits per heavy atom. The number of hydrogen-bond donors (Lipinski definition) is 1. The number of nitrogens with zero attached hydrogens (tertiary/aromatic N) is 2. The molecule has 0 aromatic heterocycles. The fourth-order valence-corrected chi connectivity index (χ4v) is 5.94. The number of likely N-dealkylation sites (tertiary alicyclic amines) is 2. The monoisotopic (exact) mass is 467 g/mol. The Balaban J connectivity index is 1.11. The number of morpholine rings is 1. The van der Waals surface area contributed by atoms with Crippen molar-refractivity contribution >= 4 is 11.9 Å². The van der Waals surface area contributed by atoms with Crippen LogP contribution >= 0.6 is 0 Å². The van der Waals surface area contributed by atoms with Crippen LogP contribution in [0.4, 0.5) is 18.0 Å². The first kappa shape index (κ1) is 22.3. The lowest BCUT2D eigenvalue weighted by atomic mass is 9.56. The zero-order valence-corrected chi connectivity index (χ0v) is 18.5. The van der Waals surface area contributed by atoms with Crippen molar-refractivity contribution in [2.75, 3.05) is 39.9 Å². The number of methoxy groups -OCH3 is 1. The standard InChI is InChI=1S/C23H28F3N3O4/c1-32-19-7-16(23(24,25)26)3-2-15(19)6-14-8-22(9-14)12-29(13-22)21(31)28-5-4-18-17(10-28)27-20(30)11-33-18/h2-3,7,14,17-18H,4-6,8-13H2,1H3,(H,27,30)/t17-,18+/m1/s1. The number of rotatable bonds is 3. The van der Waals surface area contributed by atoms with Gasteiger partial charge in [0.2, 0.25) is 5.91 Å². The Hall–Kier alpha value is -2.49. The summed E-state index contributed by atoms with van der Waals surface area (Å²) in [7, 11) is 1.39. The van der Waals surface area contributed by atoms with Gasteiger partial charge in [-0.3, -0.25) is 4.79 Å². The van der Waals surface area contributed by atoms with Crippen molar-refractivity contribution in [2.24, 2.45) is 11.3 Å². The van der Waals surface area contributed by atoms with Crippen LogP contribution in [0, 0.1) is 11.3 Å². The lowest BCUT2D eigenvalue weighted by Gasteiger charge is -2.60. The summed E-state index contributed by atoms with van der Waals surface area (Å²) in [5.74, 6) is 0.509. The molecule has 1 aromatic rings. The Morgan fingerprint density at radius 3 is 2.73 bits per heavy atom. The normalized spacial score (nSPS) is 26.8. The quantitative estimate of drug-likeness (QED) is 0.742. The van der Waals surface area contributed by atoms with Gasteiger partial charge in [0.05, 0.1) is 24.8 Å². The van der Waals surface area contributed by atoms with Crippen molar-refractivity contribution in [3.05, 3.63) is 29.3 Å². The number of urea groups is 1. The number of piperidine rings is 1. The summed E-state index contributed by atoms with van der Waals surface area (Å²) in [5.41, 5.74) is 0.210. The van der Waals surface area contributed by atoms with Gasteiger partial charge in [0.25, 0.3) is 0 Å². The molecule has 10 heteroatoms. The van der Waals surface area contributed by atoms with Crippen LogP contribution in [0.3, 0.4) is 0 Å². The number of ether oxygens (including phenoxy) is 2. The smallest absolute Gasteiger partial charge is 0.416 e. The van der Waals surface area contributed by atoms with Gasteiger partial charge in [-0.05, 0) is 49.3 Å². The van der Waals surface area contributed by atoms with Crippen molar-refractivity contribution in [1.29, 1.82) is 0 Å². The van der Waals surface area contributed by atoms with E-state index in [0.29, 0.717) is 44.9 Å². The van der Waals surface area contributed by atoms with E-state index in [1.165, 1.54) is 13.2 Å². The molecule has 7 nitrogen and oxygen atoms in total. The van der Waals surface area contributed by atoms with Gasteiger partial charge in [-0.15, -0.1) is 0 Å². The first-order chi connectivity index (χ1) is 15.7. The van der Waals surface area contributed by atoms with Gasteiger partial charge >= 0.3 is 12.2 Å². The Morgan fingerprint density at radius 2 is 2.03 bits per heavy atom. The first-order valence-corrected chi connectivity index (χ1v) is 11.3. The molecule has 3 aliphatic heterocycles. The first-order valence-electron chi connectivity index (χ1n) is 11.3. The van der Waals surface area contributed by atoms with Crippen molar-refractivity contribution in [3.63, 3.8) is 0 Å². The maximum Gasteiger partial charge on any atom is 0.416 e. The Bertz CT molecular complexity index is 939. The van der Waals surface area contributed by atoms with E-state index >= 15 is 0 Å². The van der Waals surface area contributed by atoms with E-state index in [1.54, 1.807) is 4.90 Å². The fraction of sp³-hybridized carbons (Fsp3) is 0.652. The van der Waals surface area contributed by atoms with Crippen LogP contribution in [0.2, 0.25) is 0 Å². The second kappa shape index (κ2) is 8.07. The van der Waals surface area contributed by atoms with Crippen LogP contribution in [0.25, 0.3) is 0 Å². The highest BCUT2D eigenvalue weighted by Crippen LogP contribution is 2.53. The minimum atomic E-state index is -4.39. The predicted molar refractivity (Wildman–Crippen MR) is 112 cm³/mol. The zero-order chi connectivity index (χ0) is 23.4. The molecule has 5 rings (SSSR count). The van der Waals surface area contributed by atoms with Gasteiger partial charge in [-0.25, -0.2) is 4.79 Å². The largest absolute Gasteiger partial charge is 0.496 e. The molecule has 3 heterocycles. The number of halogens is 3. The molecule has 1 saturated carbocycles. The molecule has 0 unspecified atom stereocenters. The molecule has 0 bridgehead atoms. The molecule has 4 aliphatic rings. The van der Waals surface area contributed by atoms with Crippen molar-refractivity contribution < 1.29 is 32.2 Å². The third-order valence-electron chi connectivity index (χ3n) is 7.48. The SMILES string of the molecule is COc1cc(C(F)(F)F)ccc1CC1CC2(C1)CN(C(=O)N1CC[C@@H]3OCC(=O)N[C@@H]3C1)C2. The summed E-state index contributed by atoms with van der Waals surface area (Å²) >= 11 is 0. The molecule has 0 radical (unpaired) electrons. The number of nitrogens with one attached hydrogen (secondary N) is 1. The number of fused-ring (bicyclic) bond motifs is 1. The summed E-state index contributed by atoms with van der Waals surface area (Å²) in [6.45, 7) is 2.59. The lowest BCUT2D eigenvalue weighted by Crippen LogP contribution is -2.68.